The molecule has 3 rings (SSSR count). The maximum atomic E-state index is 5.92. The Morgan fingerprint density at radius 3 is 2.96 bits per heavy atom. The molecular weight excluding hydrogens is 328 g/mol. The minimum Gasteiger partial charge on any atom is -0.378 e. The molecule has 0 spiro atoms. The Labute approximate surface area is 155 Å². The topological polar surface area (TPSA) is 57.9 Å². The summed E-state index contributed by atoms with van der Waals surface area (Å²) in [5.74, 6) is 0.900. The Hall–Kier alpha value is -2.54. The molecule has 1 unspecified atom stereocenters. The Bertz CT molecular complexity index is 754. The molecule has 1 N–H and O–H groups in total. The zero-order chi connectivity index (χ0) is 18.5. The third-order valence-corrected chi connectivity index (χ3v) is 4.55. The normalized spacial score (nSPS) is 18.1. The monoisotopic (exact) mass is 356 g/mol. The van der Waals surface area contributed by atoms with Crippen molar-refractivity contribution in [3.63, 3.8) is 0 Å². The number of aliphatic imine (C=N–C) groups is 1. The van der Waals surface area contributed by atoms with Gasteiger partial charge in [0.15, 0.2) is 5.96 Å². The van der Waals surface area contributed by atoms with E-state index >= 15 is 0 Å². The molecule has 7 heteroatoms. The van der Waals surface area contributed by atoms with Gasteiger partial charge in [0.2, 0.25) is 0 Å². The van der Waals surface area contributed by atoms with E-state index in [0.29, 0.717) is 6.61 Å². The zero-order valence-corrected chi connectivity index (χ0v) is 16.0. The summed E-state index contributed by atoms with van der Waals surface area (Å²) in [7, 11) is 7.86. The molecule has 1 aromatic heterocycles. The molecule has 140 valence electrons. The number of rotatable bonds is 4. The van der Waals surface area contributed by atoms with Crippen LogP contribution in [-0.2, 0) is 18.3 Å². The van der Waals surface area contributed by atoms with Crippen LogP contribution in [0.3, 0.4) is 0 Å². The molecule has 0 amide bonds. The summed E-state index contributed by atoms with van der Waals surface area (Å²) >= 11 is 0. The van der Waals surface area contributed by atoms with Crippen LogP contribution >= 0.6 is 0 Å². The van der Waals surface area contributed by atoms with E-state index < -0.39 is 0 Å². The van der Waals surface area contributed by atoms with Crippen molar-refractivity contribution in [1.29, 1.82) is 0 Å². The summed E-state index contributed by atoms with van der Waals surface area (Å²) in [5, 5.41) is 7.73. The number of guanidine groups is 1. The molecule has 7 nitrogen and oxygen atoms in total. The Balaban J connectivity index is 1.62. The molecule has 1 fully saturated rings. The van der Waals surface area contributed by atoms with E-state index in [0.717, 1.165) is 31.2 Å². The first kappa shape index (κ1) is 18.3. The maximum absolute atomic E-state index is 5.92. The molecule has 1 atom stereocenters. The Kier molecular flexibility index (Phi) is 5.78. The molecule has 0 radical (unpaired) electrons. The standard InChI is InChI=1S/C19H28N6O/c1-20-19(21-11-15-6-5-7-17(10-15)23(2)3)25-8-9-26-18(14-25)16-12-22-24(4)13-16/h5-7,10,12-13,18H,8-9,11,14H2,1-4H3,(H,20,21). The summed E-state index contributed by atoms with van der Waals surface area (Å²) in [4.78, 5) is 8.82. The lowest BCUT2D eigenvalue weighted by molar-refractivity contribution is -0.00805. The van der Waals surface area contributed by atoms with Gasteiger partial charge in [-0.2, -0.15) is 5.10 Å². The van der Waals surface area contributed by atoms with E-state index in [2.05, 4.69) is 63.6 Å². The number of ether oxygens (including phenoxy) is 1. The Morgan fingerprint density at radius 1 is 1.42 bits per heavy atom. The van der Waals surface area contributed by atoms with Crippen molar-refractivity contribution < 1.29 is 4.74 Å². The molecule has 0 saturated carbocycles. The quantitative estimate of drug-likeness (QED) is 0.667. The van der Waals surface area contributed by atoms with E-state index in [1.54, 1.807) is 0 Å². The lowest BCUT2D eigenvalue weighted by Gasteiger charge is -2.34. The van der Waals surface area contributed by atoms with Gasteiger partial charge in [0.05, 0.1) is 19.3 Å². The smallest absolute Gasteiger partial charge is 0.194 e. The number of benzene rings is 1. The van der Waals surface area contributed by atoms with Crippen LogP contribution in [0.25, 0.3) is 0 Å². The Morgan fingerprint density at radius 2 is 2.27 bits per heavy atom. The molecule has 0 aliphatic carbocycles. The predicted octanol–water partition coefficient (Wildman–Crippen LogP) is 1.63. The second-order valence-electron chi connectivity index (χ2n) is 6.72. The van der Waals surface area contributed by atoms with Crippen LogP contribution in [0.15, 0.2) is 41.7 Å². The number of morpholine rings is 1. The summed E-state index contributed by atoms with van der Waals surface area (Å²) in [6, 6.07) is 8.52. The molecule has 1 aliphatic rings. The van der Waals surface area contributed by atoms with Gasteiger partial charge >= 0.3 is 0 Å². The number of hydrogen-bond donors (Lipinski definition) is 1. The minimum absolute atomic E-state index is 0.0214. The summed E-state index contributed by atoms with van der Waals surface area (Å²) < 4.78 is 7.73. The average Bonchev–Trinajstić information content (AvgIpc) is 3.09. The second-order valence-corrected chi connectivity index (χ2v) is 6.72. The van der Waals surface area contributed by atoms with Crippen molar-refractivity contribution in [3.05, 3.63) is 47.8 Å². The fraction of sp³-hybridized carbons (Fsp3) is 0.474. The largest absolute Gasteiger partial charge is 0.378 e. The molecule has 2 aromatic rings. The maximum Gasteiger partial charge on any atom is 0.194 e. The molecule has 2 heterocycles. The highest BCUT2D eigenvalue weighted by atomic mass is 16.5. The number of nitrogens with zero attached hydrogens (tertiary/aromatic N) is 5. The molecule has 1 saturated heterocycles. The highest BCUT2D eigenvalue weighted by Crippen LogP contribution is 2.21. The van der Waals surface area contributed by atoms with Gasteiger partial charge in [0.1, 0.15) is 6.10 Å². The van der Waals surface area contributed by atoms with Gasteiger partial charge in [-0.3, -0.25) is 9.67 Å². The molecule has 26 heavy (non-hydrogen) atoms. The van der Waals surface area contributed by atoms with Gasteiger partial charge < -0.3 is 19.9 Å². The van der Waals surface area contributed by atoms with Crippen molar-refractivity contribution in [2.75, 3.05) is 45.7 Å². The van der Waals surface area contributed by atoms with Gasteiger partial charge in [-0.25, -0.2) is 0 Å². The van der Waals surface area contributed by atoms with E-state index in [9.17, 15) is 0 Å². The third kappa shape index (κ3) is 4.35. The predicted molar refractivity (Wildman–Crippen MR) is 104 cm³/mol. The molecule has 0 bridgehead atoms. The molecule has 1 aliphatic heterocycles. The fourth-order valence-electron chi connectivity index (χ4n) is 3.11. The first-order valence-electron chi connectivity index (χ1n) is 8.89. The number of nitrogens with one attached hydrogen (secondary N) is 1. The van der Waals surface area contributed by atoms with Gasteiger partial charge in [-0.15, -0.1) is 0 Å². The molecular formula is C19H28N6O. The van der Waals surface area contributed by atoms with E-state index in [4.69, 9.17) is 4.74 Å². The summed E-state index contributed by atoms with van der Waals surface area (Å²) in [5.41, 5.74) is 3.53. The van der Waals surface area contributed by atoms with Crippen LogP contribution < -0.4 is 10.2 Å². The van der Waals surface area contributed by atoms with Crippen molar-refractivity contribution in [2.45, 2.75) is 12.6 Å². The van der Waals surface area contributed by atoms with Gasteiger partial charge in [0.25, 0.3) is 0 Å². The van der Waals surface area contributed by atoms with Crippen molar-refractivity contribution >= 4 is 11.6 Å². The fourth-order valence-corrected chi connectivity index (χ4v) is 3.11. The van der Waals surface area contributed by atoms with E-state index in [1.807, 2.05) is 31.2 Å². The van der Waals surface area contributed by atoms with Crippen LogP contribution in [0, 0.1) is 0 Å². The van der Waals surface area contributed by atoms with E-state index in [-0.39, 0.29) is 6.10 Å². The van der Waals surface area contributed by atoms with Gasteiger partial charge in [-0.05, 0) is 17.7 Å². The third-order valence-electron chi connectivity index (χ3n) is 4.55. The van der Waals surface area contributed by atoms with Crippen LogP contribution in [0.4, 0.5) is 5.69 Å². The highest BCUT2D eigenvalue weighted by molar-refractivity contribution is 5.80. The van der Waals surface area contributed by atoms with Crippen LogP contribution in [-0.4, -0.2) is 61.5 Å². The van der Waals surface area contributed by atoms with Crippen molar-refractivity contribution in [1.82, 2.24) is 20.0 Å². The highest BCUT2D eigenvalue weighted by Gasteiger charge is 2.25. The average molecular weight is 356 g/mol. The van der Waals surface area contributed by atoms with Crippen LogP contribution in [0.2, 0.25) is 0 Å². The summed E-state index contributed by atoms with van der Waals surface area (Å²) in [6.45, 7) is 3.01. The van der Waals surface area contributed by atoms with E-state index in [1.165, 1.54) is 11.3 Å². The second kappa shape index (κ2) is 8.23. The zero-order valence-electron chi connectivity index (χ0n) is 16.0. The van der Waals surface area contributed by atoms with Crippen molar-refractivity contribution in [3.8, 4) is 0 Å². The van der Waals surface area contributed by atoms with Gasteiger partial charge in [0, 0.05) is 58.7 Å². The summed E-state index contributed by atoms with van der Waals surface area (Å²) in [6.07, 6.45) is 3.90. The number of anilines is 1. The van der Waals surface area contributed by atoms with Crippen molar-refractivity contribution in [2.24, 2.45) is 12.0 Å². The molecule has 1 aromatic carbocycles. The number of hydrogen-bond acceptors (Lipinski definition) is 4. The number of aryl methyl sites for hydroxylation is 1. The van der Waals surface area contributed by atoms with Crippen LogP contribution in [0.1, 0.15) is 17.2 Å². The van der Waals surface area contributed by atoms with Gasteiger partial charge in [-0.1, -0.05) is 12.1 Å². The SMILES string of the molecule is CN=C(NCc1cccc(N(C)C)c1)N1CCOC(c2cnn(C)c2)C1. The minimum atomic E-state index is 0.0214. The number of aromatic nitrogens is 2. The van der Waals surface area contributed by atoms with Crippen LogP contribution in [0.5, 0.6) is 0 Å². The first-order chi connectivity index (χ1) is 12.6. The lowest BCUT2D eigenvalue weighted by atomic mass is 10.1. The first-order valence-corrected chi connectivity index (χ1v) is 8.89. The lowest BCUT2D eigenvalue weighted by Crippen LogP contribution is -2.47.